The number of oxime groups is 1. The average Bonchev–Trinajstić information content (AvgIpc) is 2.64. The molecule has 2 N–H and O–H groups in total. The summed E-state index contributed by atoms with van der Waals surface area (Å²) in [5.74, 6) is -0.148. The molecule has 1 aromatic rings. The van der Waals surface area contributed by atoms with E-state index in [0.717, 1.165) is 12.4 Å². The maximum atomic E-state index is 12.5. The van der Waals surface area contributed by atoms with E-state index in [1.165, 1.54) is 11.1 Å². The van der Waals surface area contributed by atoms with Gasteiger partial charge < -0.3 is 25.1 Å². The number of nitrogens with one attached hydrogen (secondary N) is 1. The molecular weight excluding hydrogens is 385 g/mol. The van der Waals surface area contributed by atoms with Crippen LogP contribution in [-0.4, -0.2) is 77.0 Å². The van der Waals surface area contributed by atoms with Crippen LogP contribution in [0.1, 0.15) is 12.5 Å². The molecule has 28 heavy (non-hydrogen) atoms. The van der Waals surface area contributed by atoms with Crippen LogP contribution in [0.3, 0.4) is 0 Å². The summed E-state index contributed by atoms with van der Waals surface area (Å²) >= 11 is 0. The lowest BCUT2D eigenvalue weighted by atomic mass is 10.3. The normalized spacial score (nSPS) is 16.1. The van der Waals surface area contributed by atoms with Gasteiger partial charge in [0.1, 0.15) is 0 Å². The predicted molar refractivity (Wildman–Crippen MR) is 90.9 cm³/mol. The summed E-state index contributed by atoms with van der Waals surface area (Å²) in [6, 6.07) is -0.570. The molecule has 2 rings (SSSR count). The number of alkyl halides is 3. The second-order valence-corrected chi connectivity index (χ2v) is 5.90. The van der Waals surface area contributed by atoms with Gasteiger partial charge in [0, 0.05) is 38.6 Å². The Morgan fingerprint density at radius 1 is 1.32 bits per heavy atom. The minimum absolute atomic E-state index is 0.167. The van der Waals surface area contributed by atoms with Crippen LogP contribution in [0.2, 0.25) is 0 Å². The fraction of sp³-hybridized carbons (Fsp3) is 0.533. The van der Waals surface area contributed by atoms with Crippen LogP contribution in [0.5, 0.6) is 0 Å². The number of aromatic nitrogens is 2. The minimum Gasteiger partial charge on any atom is -0.465 e. The third kappa shape index (κ3) is 6.25. The van der Waals surface area contributed by atoms with Crippen molar-refractivity contribution in [3.05, 3.63) is 18.0 Å². The molecule has 1 aliphatic heterocycles. The van der Waals surface area contributed by atoms with Crippen molar-refractivity contribution in [1.82, 2.24) is 20.2 Å². The minimum atomic E-state index is -4.49. The molecule has 0 radical (unpaired) electrons. The molecule has 2 heterocycles. The molecule has 1 atom stereocenters. The summed E-state index contributed by atoms with van der Waals surface area (Å²) in [6.45, 7) is 2.61. The van der Waals surface area contributed by atoms with Crippen molar-refractivity contribution in [2.75, 3.05) is 37.7 Å². The number of carbonyl (C=O) groups excluding carboxylic acids is 1. The number of halogens is 3. The summed E-state index contributed by atoms with van der Waals surface area (Å²) < 4.78 is 37.6. The topological polar surface area (TPSA) is 120 Å². The number of carbonyl (C=O) groups is 2. The van der Waals surface area contributed by atoms with E-state index in [-0.39, 0.29) is 18.5 Å². The van der Waals surface area contributed by atoms with Crippen LogP contribution in [0.4, 0.5) is 23.9 Å². The van der Waals surface area contributed by atoms with Gasteiger partial charge >= 0.3 is 12.3 Å². The molecule has 1 unspecified atom stereocenters. The highest BCUT2D eigenvalue weighted by Gasteiger charge is 2.32. The highest BCUT2D eigenvalue weighted by Crippen LogP contribution is 2.28. The molecule has 0 aromatic carbocycles. The standard InChI is InChI=1S/C15H19F3N6O4/c1-10(22-14(26)27)6-21-28-9-12(25)23-2-4-24(5-3-23)13-19-7-11(8-20-13)15(16,17)18/h6-8,10,22H,2-5,9H2,1H3,(H,26,27). The zero-order valence-corrected chi connectivity index (χ0v) is 14.9. The summed E-state index contributed by atoms with van der Waals surface area (Å²) in [6.07, 6.45) is -3.03. The van der Waals surface area contributed by atoms with Crippen molar-refractivity contribution in [2.24, 2.45) is 5.16 Å². The molecule has 1 fully saturated rings. The lowest BCUT2D eigenvalue weighted by Crippen LogP contribution is -2.50. The number of piperazine rings is 1. The van der Waals surface area contributed by atoms with Gasteiger partial charge in [-0.1, -0.05) is 5.16 Å². The lowest BCUT2D eigenvalue weighted by Gasteiger charge is -2.34. The number of carboxylic acid groups (broad SMARTS) is 1. The van der Waals surface area contributed by atoms with Crippen LogP contribution in [0.15, 0.2) is 17.5 Å². The van der Waals surface area contributed by atoms with Gasteiger partial charge in [0.05, 0.1) is 17.8 Å². The van der Waals surface area contributed by atoms with Crippen LogP contribution in [0.25, 0.3) is 0 Å². The zero-order chi connectivity index (χ0) is 20.7. The Balaban J connectivity index is 1.76. The highest BCUT2D eigenvalue weighted by molar-refractivity contribution is 5.78. The van der Waals surface area contributed by atoms with Crippen LogP contribution in [0, 0.1) is 0 Å². The van der Waals surface area contributed by atoms with Gasteiger partial charge in [-0.25, -0.2) is 14.8 Å². The smallest absolute Gasteiger partial charge is 0.419 e. The molecule has 0 spiro atoms. The lowest BCUT2D eigenvalue weighted by molar-refractivity contribution is -0.138. The van der Waals surface area contributed by atoms with Gasteiger partial charge in [0.2, 0.25) is 5.95 Å². The SMILES string of the molecule is CC(C=NOCC(=O)N1CCN(c2ncc(C(F)(F)F)cn2)CC1)NC(=O)O. The fourth-order valence-electron chi connectivity index (χ4n) is 2.34. The summed E-state index contributed by atoms with van der Waals surface area (Å²) in [7, 11) is 0. The molecule has 10 nitrogen and oxygen atoms in total. The first-order valence-electron chi connectivity index (χ1n) is 8.23. The number of hydrogen-bond acceptors (Lipinski definition) is 7. The van der Waals surface area contributed by atoms with E-state index < -0.39 is 23.9 Å². The Bertz CT molecular complexity index is 705. The maximum Gasteiger partial charge on any atom is 0.419 e. The van der Waals surface area contributed by atoms with Crippen LogP contribution >= 0.6 is 0 Å². The van der Waals surface area contributed by atoms with Crippen molar-refractivity contribution in [3.8, 4) is 0 Å². The fourth-order valence-corrected chi connectivity index (χ4v) is 2.34. The third-order valence-electron chi connectivity index (χ3n) is 3.78. The van der Waals surface area contributed by atoms with Gasteiger partial charge in [-0.15, -0.1) is 0 Å². The van der Waals surface area contributed by atoms with Gasteiger partial charge in [-0.3, -0.25) is 4.79 Å². The van der Waals surface area contributed by atoms with Crippen molar-refractivity contribution in [3.63, 3.8) is 0 Å². The zero-order valence-electron chi connectivity index (χ0n) is 14.9. The summed E-state index contributed by atoms with van der Waals surface area (Å²) in [5.41, 5.74) is -0.921. The van der Waals surface area contributed by atoms with Crippen molar-refractivity contribution >= 4 is 24.2 Å². The average molecular weight is 404 g/mol. The van der Waals surface area contributed by atoms with Crippen molar-refractivity contribution in [1.29, 1.82) is 0 Å². The quantitative estimate of drug-likeness (QED) is 0.532. The van der Waals surface area contributed by atoms with E-state index in [2.05, 4.69) is 20.4 Å². The number of rotatable bonds is 6. The van der Waals surface area contributed by atoms with Gasteiger partial charge in [-0.05, 0) is 6.92 Å². The Morgan fingerprint density at radius 3 is 2.46 bits per heavy atom. The molecule has 1 aliphatic rings. The first kappa shape index (κ1) is 21.2. The van der Waals surface area contributed by atoms with E-state index in [4.69, 9.17) is 9.94 Å². The van der Waals surface area contributed by atoms with Gasteiger partial charge in [-0.2, -0.15) is 13.2 Å². The molecule has 1 aromatic heterocycles. The first-order valence-corrected chi connectivity index (χ1v) is 8.23. The maximum absolute atomic E-state index is 12.5. The van der Waals surface area contributed by atoms with Gasteiger partial charge in [0.15, 0.2) is 6.61 Å². The molecule has 2 amide bonds. The second-order valence-electron chi connectivity index (χ2n) is 5.90. The largest absolute Gasteiger partial charge is 0.465 e. The van der Waals surface area contributed by atoms with Crippen LogP contribution < -0.4 is 10.2 Å². The number of amides is 2. The van der Waals surface area contributed by atoms with Gasteiger partial charge in [0.25, 0.3) is 5.91 Å². The van der Waals surface area contributed by atoms with E-state index in [0.29, 0.717) is 26.2 Å². The third-order valence-corrected chi connectivity index (χ3v) is 3.78. The Morgan fingerprint density at radius 2 is 1.93 bits per heavy atom. The molecular formula is C15H19F3N6O4. The number of hydrogen-bond donors (Lipinski definition) is 2. The van der Waals surface area contributed by atoms with E-state index >= 15 is 0 Å². The Kier molecular flexibility index (Phi) is 6.95. The monoisotopic (exact) mass is 404 g/mol. The van der Waals surface area contributed by atoms with Crippen LogP contribution in [-0.2, 0) is 15.8 Å². The van der Waals surface area contributed by atoms with Crippen molar-refractivity contribution < 1.29 is 32.7 Å². The van der Waals surface area contributed by atoms with E-state index in [1.54, 1.807) is 11.8 Å². The second kappa shape index (κ2) is 9.19. The molecule has 0 aliphatic carbocycles. The number of nitrogens with zero attached hydrogens (tertiary/aromatic N) is 5. The Hall–Kier alpha value is -3.12. The Labute approximate surface area is 158 Å². The predicted octanol–water partition coefficient (Wildman–Crippen LogP) is 0.802. The molecule has 154 valence electrons. The van der Waals surface area contributed by atoms with E-state index in [1.807, 2.05) is 0 Å². The summed E-state index contributed by atoms with van der Waals surface area (Å²) in [4.78, 5) is 38.0. The van der Waals surface area contributed by atoms with Crippen molar-refractivity contribution in [2.45, 2.75) is 19.1 Å². The highest BCUT2D eigenvalue weighted by atomic mass is 19.4. The van der Waals surface area contributed by atoms with E-state index in [9.17, 15) is 22.8 Å². The molecule has 1 saturated heterocycles. The number of anilines is 1. The molecule has 0 saturated carbocycles. The summed E-state index contributed by atoms with van der Waals surface area (Å²) in [5, 5.41) is 14.2. The first-order chi connectivity index (χ1) is 13.2. The molecule has 13 heteroatoms. The molecule has 0 bridgehead atoms.